The van der Waals surface area contributed by atoms with E-state index < -0.39 is 5.54 Å². The third-order valence-corrected chi connectivity index (χ3v) is 2.65. The molecule has 0 bridgehead atoms. The molecule has 1 fully saturated rings. The van der Waals surface area contributed by atoms with Crippen LogP contribution < -0.4 is 11.1 Å². The largest absolute Gasteiger partial charge is 0.381 e. The summed E-state index contributed by atoms with van der Waals surface area (Å²) in [5.41, 5.74) is 5.30. The molecule has 1 aliphatic heterocycles. The van der Waals surface area contributed by atoms with E-state index in [4.69, 9.17) is 10.5 Å². The second-order valence-corrected chi connectivity index (χ2v) is 3.88. The van der Waals surface area contributed by atoms with Gasteiger partial charge in [-0.25, -0.2) is 0 Å². The number of unbranched alkanes of at least 4 members (excludes halogenated alkanes) is 1. The molecule has 4 heteroatoms. The Morgan fingerprint density at radius 2 is 2.14 bits per heavy atom. The van der Waals surface area contributed by atoms with Crippen LogP contribution >= 0.6 is 0 Å². The van der Waals surface area contributed by atoms with Crippen LogP contribution in [0.4, 0.5) is 0 Å². The fraction of sp³-hybridized carbons (Fsp3) is 0.900. The lowest BCUT2D eigenvalue weighted by atomic mass is 9.90. The van der Waals surface area contributed by atoms with Crippen molar-refractivity contribution in [2.75, 3.05) is 19.8 Å². The fourth-order valence-electron chi connectivity index (χ4n) is 1.52. The van der Waals surface area contributed by atoms with E-state index in [0.29, 0.717) is 26.1 Å². The van der Waals surface area contributed by atoms with Gasteiger partial charge in [0.1, 0.15) is 0 Å². The van der Waals surface area contributed by atoms with Gasteiger partial charge in [-0.1, -0.05) is 13.3 Å². The summed E-state index contributed by atoms with van der Waals surface area (Å²) in [6.45, 7) is 4.02. The van der Waals surface area contributed by atoms with Crippen molar-refractivity contribution in [1.29, 1.82) is 0 Å². The highest BCUT2D eigenvalue weighted by molar-refractivity contribution is 5.86. The molecule has 0 aromatic rings. The average Bonchev–Trinajstić information content (AvgIpc) is 2.19. The molecule has 1 saturated heterocycles. The molecule has 0 saturated carbocycles. The molecule has 3 N–H and O–H groups in total. The maximum Gasteiger partial charge on any atom is 0.240 e. The van der Waals surface area contributed by atoms with Crippen molar-refractivity contribution in [3.8, 4) is 0 Å². The first kappa shape index (κ1) is 11.5. The number of carbonyl (C=O) groups excluding carboxylic acids is 1. The zero-order valence-electron chi connectivity index (χ0n) is 8.84. The van der Waals surface area contributed by atoms with Gasteiger partial charge in [0.15, 0.2) is 0 Å². The molecule has 0 radical (unpaired) electrons. The molecule has 0 aromatic heterocycles. The molecule has 1 aliphatic rings. The van der Waals surface area contributed by atoms with Gasteiger partial charge < -0.3 is 15.8 Å². The highest BCUT2D eigenvalue weighted by Crippen LogP contribution is 2.17. The molecule has 0 aliphatic carbocycles. The number of nitrogens with two attached hydrogens (primary N) is 1. The Hall–Kier alpha value is -0.610. The Morgan fingerprint density at radius 3 is 2.71 bits per heavy atom. The van der Waals surface area contributed by atoms with Gasteiger partial charge >= 0.3 is 0 Å². The molecule has 14 heavy (non-hydrogen) atoms. The Balaban J connectivity index is 2.33. The van der Waals surface area contributed by atoms with E-state index in [9.17, 15) is 4.79 Å². The number of hydrogen-bond acceptors (Lipinski definition) is 3. The molecule has 82 valence electrons. The van der Waals surface area contributed by atoms with Gasteiger partial charge in [0.05, 0.1) is 5.54 Å². The van der Waals surface area contributed by atoms with Crippen LogP contribution in [0, 0.1) is 0 Å². The maximum absolute atomic E-state index is 11.7. The second-order valence-electron chi connectivity index (χ2n) is 3.88. The first-order valence-electron chi connectivity index (χ1n) is 5.34. The lowest BCUT2D eigenvalue weighted by molar-refractivity contribution is -0.129. The van der Waals surface area contributed by atoms with Gasteiger partial charge in [-0.3, -0.25) is 4.79 Å². The molecule has 0 atom stereocenters. The summed E-state index contributed by atoms with van der Waals surface area (Å²) in [7, 11) is 0. The number of amides is 1. The summed E-state index contributed by atoms with van der Waals surface area (Å²) in [4.78, 5) is 11.7. The number of nitrogens with one attached hydrogen (secondary N) is 1. The smallest absolute Gasteiger partial charge is 0.240 e. The molecule has 4 nitrogen and oxygen atoms in total. The minimum atomic E-state index is -0.689. The molecule has 1 amide bonds. The molecular formula is C10H20N2O2. The Kier molecular flexibility index (Phi) is 4.35. The average molecular weight is 200 g/mol. The van der Waals surface area contributed by atoms with Crippen molar-refractivity contribution >= 4 is 5.91 Å². The van der Waals surface area contributed by atoms with Crippen LogP contribution in [0.1, 0.15) is 32.6 Å². The molecule has 0 unspecified atom stereocenters. The van der Waals surface area contributed by atoms with Crippen LogP contribution in [0.15, 0.2) is 0 Å². The normalized spacial score (nSPS) is 20.4. The SMILES string of the molecule is CCCCNC(=O)C1(N)CCOCC1. The zero-order chi connectivity index (χ0) is 10.4. The second kappa shape index (κ2) is 5.32. The van der Waals surface area contributed by atoms with Gasteiger partial charge in [0.25, 0.3) is 0 Å². The molecule has 0 aromatic carbocycles. The van der Waals surface area contributed by atoms with Gasteiger partial charge in [-0.15, -0.1) is 0 Å². The summed E-state index contributed by atoms with van der Waals surface area (Å²) in [6.07, 6.45) is 3.36. The Morgan fingerprint density at radius 1 is 1.50 bits per heavy atom. The lowest BCUT2D eigenvalue weighted by Crippen LogP contribution is -2.57. The van der Waals surface area contributed by atoms with Gasteiger partial charge in [-0.2, -0.15) is 0 Å². The molecule has 1 heterocycles. The van der Waals surface area contributed by atoms with E-state index in [0.717, 1.165) is 19.4 Å². The summed E-state index contributed by atoms with van der Waals surface area (Å²) in [5, 5.41) is 2.87. The van der Waals surface area contributed by atoms with Gasteiger partial charge in [0.2, 0.25) is 5.91 Å². The zero-order valence-corrected chi connectivity index (χ0v) is 8.84. The first-order chi connectivity index (χ1) is 6.69. The van der Waals surface area contributed by atoms with Crippen LogP contribution in [-0.2, 0) is 9.53 Å². The quantitative estimate of drug-likeness (QED) is 0.646. The van der Waals surface area contributed by atoms with Crippen LogP contribution in [0.5, 0.6) is 0 Å². The van der Waals surface area contributed by atoms with Crippen LogP contribution in [0.3, 0.4) is 0 Å². The molecular weight excluding hydrogens is 180 g/mol. The Labute approximate surface area is 85.2 Å². The van der Waals surface area contributed by atoms with Crippen molar-refractivity contribution in [3.05, 3.63) is 0 Å². The van der Waals surface area contributed by atoms with E-state index in [-0.39, 0.29) is 5.91 Å². The minimum Gasteiger partial charge on any atom is -0.381 e. The maximum atomic E-state index is 11.7. The molecule has 1 rings (SSSR count). The van der Waals surface area contributed by atoms with Gasteiger partial charge in [0, 0.05) is 19.8 Å². The van der Waals surface area contributed by atoms with Crippen LogP contribution in [0.2, 0.25) is 0 Å². The van der Waals surface area contributed by atoms with E-state index in [1.807, 2.05) is 0 Å². The van der Waals surface area contributed by atoms with Crippen LogP contribution in [0.25, 0.3) is 0 Å². The van der Waals surface area contributed by atoms with Crippen molar-refractivity contribution in [2.45, 2.75) is 38.1 Å². The highest BCUT2D eigenvalue weighted by atomic mass is 16.5. The van der Waals surface area contributed by atoms with E-state index in [2.05, 4.69) is 12.2 Å². The summed E-state index contributed by atoms with van der Waals surface area (Å²) >= 11 is 0. The third-order valence-electron chi connectivity index (χ3n) is 2.65. The summed E-state index contributed by atoms with van der Waals surface area (Å²) in [6, 6.07) is 0. The van der Waals surface area contributed by atoms with Crippen LogP contribution in [-0.4, -0.2) is 31.2 Å². The fourth-order valence-corrected chi connectivity index (χ4v) is 1.52. The predicted molar refractivity (Wildman–Crippen MR) is 54.9 cm³/mol. The number of rotatable bonds is 4. The van der Waals surface area contributed by atoms with Crippen molar-refractivity contribution in [1.82, 2.24) is 5.32 Å². The van der Waals surface area contributed by atoms with Gasteiger partial charge in [-0.05, 0) is 19.3 Å². The first-order valence-corrected chi connectivity index (χ1v) is 5.34. The van der Waals surface area contributed by atoms with E-state index in [1.165, 1.54) is 0 Å². The van der Waals surface area contributed by atoms with Crippen molar-refractivity contribution < 1.29 is 9.53 Å². The van der Waals surface area contributed by atoms with Crippen molar-refractivity contribution in [3.63, 3.8) is 0 Å². The molecule has 0 spiro atoms. The van der Waals surface area contributed by atoms with Crippen molar-refractivity contribution in [2.24, 2.45) is 5.73 Å². The Bertz CT molecular complexity index is 189. The number of ether oxygens (including phenoxy) is 1. The highest BCUT2D eigenvalue weighted by Gasteiger charge is 2.35. The number of hydrogen-bond donors (Lipinski definition) is 2. The predicted octanol–water partition coefficient (Wildman–Crippen LogP) is 0.411. The summed E-state index contributed by atoms with van der Waals surface area (Å²) < 4.78 is 5.18. The number of carbonyl (C=O) groups is 1. The minimum absolute atomic E-state index is 0.0192. The third kappa shape index (κ3) is 2.96. The summed E-state index contributed by atoms with van der Waals surface area (Å²) in [5.74, 6) is -0.0192. The van der Waals surface area contributed by atoms with E-state index >= 15 is 0 Å². The van der Waals surface area contributed by atoms with E-state index in [1.54, 1.807) is 0 Å². The lowest BCUT2D eigenvalue weighted by Gasteiger charge is -2.31. The standard InChI is InChI=1S/C10H20N2O2/c1-2-3-6-12-9(13)10(11)4-7-14-8-5-10/h2-8,11H2,1H3,(H,12,13). The monoisotopic (exact) mass is 200 g/mol. The topological polar surface area (TPSA) is 64.4 Å².